The van der Waals surface area contributed by atoms with Gasteiger partial charge in [0.15, 0.2) is 17.5 Å². The Bertz CT molecular complexity index is 415. The highest BCUT2D eigenvalue weighted by molar-refractivity contribution is 5.91. The van der Waals surface area contributed by atoms with Gasteiger partial charge in [0.1, 0.15) is 0 Å². The van der Waals surface area contributed by atoms with Crippen molar-refractivity contribution in [2.75, 3.05) is 26.7 Å². The van der Waals surface area contributed by atoms with Crippen LogP contribution < -0.4 is 21.7 Å². The molecule has 0 aromatic carbocycles. The molecule has 0 saturated heterocycles. The van der Waals surface area contributed by atoms with Crippen LogP contribution in [0.25, 0.3) is 0 Å². The van der Waals surface area contributed by atoms with Crippen molar-refractivity contribution in [2.24, 2.45) is 5.73 Å². The van der Waals surface area contributed by atoms with E-state index in [0.717, 1.165) is 0 Å². The fourth-order valence-corrected chi connectivity index (χ4v) is 1.83. The number of Topliss-reactive ketones (excluding diaryl/α,β-unsaturated/α-hetero) is 2. The first-order valence-corrected chi connectivity index (χ1v) is 7.28. The Labute approximate surface area is 131 Å². The third-order valence-electron chi connectivity index (χ3n) is 4.07. The Kier molecular flexibility index (Phi) is 8.21. The molecule has 0 aliphatic rings. The third-order valence-corrected chi connectivity index (χ3v) is 4.07. The molecular formula is C14H29N5O3. The van der Waals surface area contributed by atoms with E-state index < -0.39 is 11.1 Å². The van der Waals surface area contributed by atoms with Crippen molar-refractivity contribution in [3.05, 3.63) is 0 Å². The summed E-state index contributed by atoms with van der Waals surface area (Å²) in [5.74, 6) is -0.419. The van der Waals surface area contributed by atoms with Crippen LogP contribution in [0.4, 0.5) is 0 Å². The largest absolute Gasteiger partial charge is 0.394 e. The number of guanidine groups is 1. The monoisotopic (exact) mass is 315 g/mol. The molecule has 0 bridgehead atoms. The molecule has 0 aromatic rings. The van der Waals surface area contributed by atoms with Gasteiger partial charge in [-0.25, -0.2) is 0 Å². The predicted octanol–water partition coefficient (Wildman–Crippen LogP) is -1.27. The van der Waals surface area contributed by atoms with E-state index >= 15 is 0 Å². The molecule has 2 unspecified atom stereocenters. The summed E-state index contributed by atoms with van der Waals surface area (Å²) in [6.07, 6.45) is 1.22. The average molecular weight is 315 g/mol. The Hall–Kier alpha value is -1.51. The lowest BCUT2D eigenvalue weighted by Gasteiger charge is -2.31. The number of rotatable bonds is 11. The van der Waals surface area contributed by atoms with Gasteiger partial charge in [-0.2, -0.15) is 0 Å². The van der Waals surface area contributed by atoms with E-state index in [1.165, 1.54) is 6.92 Å². The van der Waals surface area contributed by atoms with Gasteiger partial charge in [-0.05, 0) is 40.7 Å². The van der Waals surface area contributed by atoms with Crippen molar-refractivity contribution < 1.29 is 14.7 Å². The molecule has 0 amide bonds. The maximum absolute atomic E-state index is 12.4. The smallest absolute Gasteiger partial charge is 0.185 e. The first-order valence-electron chi connectivity index (χ1n) is 7.28. The Morgan fingerprint density at radius 1 is 1.27 bits per heavy atom. The molecule has 7 N–H and O–H groups in total. The van der Waals surface area contributed by atoms with Crippen molar-refractivity contribution in [3.63, 3.8) is 0 Å². The van der Waals surface area contributed by atoms with Crippen molar-refractivity contribution in [3.8, 4) is 0 Å². The Morgan fingerprint density at radius 3 is 2.27 bits per heavy atom. The summed E-state index contributed by atoms with van der Waals surface area (Å²) in [5.41, 5.74) is 3.34. The maximum atomic E-state index is 12.4. The number of carbonyl (C=O) groups is 2. The van der Waals surface area contributed by atoms with Gasteiger partial charge in [-0.1, -0.05) is 0 Å². The molecule has 0 saturated carbocycles. The standard InChI is InChI=1S/C14H29N5O3/c1-10(21)14(3,9-20)19-8-11(22)13(2,17-4)6-5-7-18-12(15)16/h17,19-20H,5-9H2,1-4H3,(H4,15,16,18). The van der Waals surface area contributed by atoms with Crippen LogP contribution in [-0.4, -0.2) is 60.5 Å². The number of nitrogens with two attached hydrogens (primary N) is 1. The zero-order valence-corrected chi connectivity index (χ0v) is 13.9. The van der Waals surface area contributed by atoms with E-state index in [4.69, 9.17) is 11.1 Å². The second kappa shape index (κ2) is 8.82. The maximum Gasteiger partial charge on any atom is 0.185 e. The van der Waals surface area contributed by atoms with Crippen LogP contribution in [-0.2, 0) is 9.59 Å². The first-order chi connectivity index (χ1) is 10.1. The quantitative estimate of drug-likeness (QED) is 0.159. The number of ketones is 2. The van der Waals surface area contributed by atoms with Gasteiger partial charge in [0.25, 0.3) is 0 Å². The second-order valence-electron chi connectivity index (χ2n) is 5.85. The topological polar surface area (TPSA) is 140 Å². The van der Waals surface area contributed by atoms with Crippen LogP contribution >= 0.6 is 0 Å². The first kappa shape index (κ1) is 20.5. The van der Waals surface area contributed by atoms with Gasteiger partial charge in [0.2, 0.25) is 0 Å². The van der Waals surface area contributed by atoms with Gasteiger partial charge in [0, 0.05) is 6.54 Å². The SMILES string of the molecule is CNC(C)(CCCNC(=N)N)C(=O)CNC(C)(CO)C(C)=O. The van der Waals surface area contributed by atoms with Crippen molar-refractivity contribution in [1.29, 1.82) is 5.41 Å². The molecule has 0 fully saturated rings. The van der Waals surface area contributed by atoms with E-state index in [1.807, 2.05) is 0 Å². The summed E-state index contributed by atoms with van der Waals surface area (Å²) in [7, 11) is 1.70. The Morgan fingerprint density at radius 2 is 1.86 bits per heavy atom. The summed E-state index contributed by atoms with van der Waals surface area (Å²) >= 11 is 0. The van der Waals surface area contributed by atoms with Crippen LogP contribution in [0.3, 0.4) is 0 Å². The third kappa shape index (κ3) is 6.08. The fourth-order valence-electron chi connectivity index (χ4n) is 1.83. The average Bonchev–Trinajstić information content (AvgIpc) is 2.47. The minimum absolute atomic E-state index is 0.0197. The zero-order chi connectivity index (χ0) is 17.4. The van der Waals surface area contributed by atoms with Crippen molar-refractivity contribution >= 4 is 17.5 Å². The summed E-state index contributed by atoms with van der Waals surface area (Å²) < 4.78 is 0. The van der Waals surface area contributed by atoms with E-state index in [1.54, 1.807) is 20.9 Å². The zero-order valence-electron chi connectivity index (χ0n) is 13.9. The van der Waals surface area contributed by atoms with E-state index in [2.05, 4.69) is 16.0 Å². The molecule has 0 spiro atoms. The molecule has 8 heteroatoms. The second-order valence-corrected chi connectivity index (χ2v) is 5.85. The molecule has 0 radical (unpaired) electrons. The molecule has 2 atom stereocenters. The van der Waals surface area contributed by atoms with Crippen molar-refractivity contribution in [1.82, 2.24) is 16.0 Å². The number of likely N-dealkylation sites (N-methyl/N-ethyl adjacent to an activating group) is 1. The molecule has 8 nitrogen and oxygen atoms in total. The van der Waals surface area contributed by atoms with Crippen LogP contribution in [0.15, 0.2) is 0 Å². The van der Waals surface area contributed by atoms with Gasteiger partial charge in [0.05, 0.1) is 24.2 Å². The summed E-state index contributed by atoms with van der Waals surface area (Å²) in [6, 6.07) is 0. The molecule has 22 heavy (non-hydrogen) atoms. The number of carbonyl (C=O) groups excluding carboxylic acids is 2. The molecule has 0 aliphatic carbocycles. The van der Waals surface area contributed by atoms with Gasteiger partial charge < -0.3 is 21.5 Å². The van der Waals surface area contributed by atoms with E-state index in [-0.39, 0.29) is 30.7 Å². The number of aliphatic hydroxyl groups is 1. The highest BCUT2D eigenvalue weighted by Crippen LogP contribution is 2.14. The molecule has 0 aliphatic heterocycles. The minimum atomic E-state index is -1.11. The number of aliphatic hydroxyl groups excluding tert-OH is 1. The van der Waals surface area contributed by atoms with Crippen LogP contribution in [0.2, 0.25) is 0 Å². The molecule has 0 heterocycles. The molecule has 128 valence electrons. The number of nitrogens with one attached hydrogen (secondary N) is 4. The van der Waals surface area contributed by atoms with Gasteiger partial charge in [-0.3, -0.25) is 20.3 Å². The van der Waals surface area contributed by atoms with Crippen molar-refractivity contribution in [2.45, 2.75) is 44.7 Å². The highest BCUT2D eigenvalue weighted by atomic mass is 16.3. The van der Waals surface area contributed by atoms with Crippen LogP contribution in [0.5, 0.6) is 0 Å². The highest BCUT2D eigenvalue weighted by Gasteiger charge is 2.34. The predicted molar refractivity (Wildman–Crippen MR) is 85.8 cm³/mol. The van der Waals surface area contributed by atoms with Crippen LogP contribution in [0.1, 0.15) is 33.6 Å². The molecule has 0 rings (SSSR count). The lowest BCUT2D eigenvalue weighted by atomic mass is 9.89. The van der Waals surface area contributed by atoms with Gasteiger partial charge in [-0.15, -0.1) is 0 Å². The lowest BCUT2D eigenvalue weighted by molar-refractivity contribution is -0.127. The molecule has 0 aromatic heterocycles. The fraction of sp³-hybridized carbons (Fsp3) is 0.786. The number of hydrogen-bond donors (Lipinski definition) is 6. The molecular weight excluding hydrogens is 286 g/mol. The normalized spacial score (nSPS) is 16.4. The van der Waals surface area contributed by atoms with Gasteiger partial charge >= 0.3 is 0 Å². The van der Waals surface area contributed by atoms with E-state index in [0.29, 0.717) is 19.4 Å². The van der Waals surface area contributed by atoms with Crippen LogP contribution in [0, 0.1) is 5.41 Å². The summed E-state index contributed by atoms with van der Waals surface area (Å²) in [5, 5.41) is 24.9. The Balaban J connectivity index is 4.56. The van der Waals surface area contributed by atoms with E-state index in [9.17, 15) is 14.7 Å². The summed E-state index contributed by atoms with van der Waals surface area (Å²) in [6.45, 7) is 4.85. The summed E-state index contributed by atoms with van der Waals surface area (Å²) in [4.78, 5) is 23.9. The minimum Gasteiger partial charge on any atom is -0.394 e. The lowest BCUT2D eigenvalue weighted by Crippen LogP contribution is -2.58. The number of hydrogen-bond acceptors (Lipinski definition) is 6.